The van der Waals surface area contributed by atoms with Gasteiger partial charge in [-0.05, 0) is 42.0 Å². The van der Waals surface area contributed by atoms with E-state index < -0.39 is 24.0 Å². The van der Waals surface area contributed by atoms with Gasteiger partial charge in [0.15, 0.2) is 0 Å². The second-order valence-electron chi connectivity index (χ2n) is 5.93. The molecular formula is C20H19N3O5. The number of nitrogens with one attached hydrogen (secondary N) is 2. The van der Waals surface area contributed by atoms with Crippen LogP contribution in [0, 0.1) is 17.2 Å². The van der Waals surface area contributed by atoms with Crippen molar-refractivity contribution in [2.75, 3.05) is 5.32 Å². The standard InChI is InChI=1S/C20H19N3O5/c1-13(2-11-18(25)23-27)19(15-5-9-17(24)10-6-15)28-20(26)22-16-7-3-14(12-21)4-8-16/h2-11,13,19,24,27H,1H3,(H,22,26)(H,23,25)/b11-2+/t13-,19-/m1/s1. The number of phenolic OH excluding ortho intramolecular Hbond substituents is 1. The van der Waals surface area contributed by atoms with Crippen LogP contribution < -0.4 is 10.8 Å². The van der Waals surface area contributed by atoms with Gasteiger partial charge in [0.1, 0.15) is 11.9 Å². The van der Waals surface area contributed by atoms with Gasteiger partial charge in [0.25, 0.3) is 5.91 Å². The van der Waals surface area contributed by atoms with E-state index in [-0.39, 0.29) is 5.75 Å². The number of hydrogen-bond acceptors (Lipinski definition) is 6. The number of carbonyl (C=O) groups is 2. The zero-order chi connectivity index (χ0) is 20.5. The summed E-state index contributed by atoms with van der Waals surface area (Å²) < 4.78 is 5.52. The number of hydroxylamine groups is 1. The maximum absolute atomic E-state index is 12.3. The number of aromatic hydroxyl groups is 1. The summed E-state index contributed by atoms with van der Waals surface area (Å²) in [7, 11) is 0. The largest absolute Gasteiger partial charge is 0.508 e. The molecule has 0 unspecified atom stereocenters. The number of nitrogens with zero attached hydrogens (tertiary/aromatic N) is 1. The molecule has 0 aliphatic rings. The Kier molecular flexibility index (Phi) is 7.13. The highest BCUT2D eigenvalue weighted by Crippen LogP contribution is 2.29. The Balaban J connectivity index is 2.16. The number of amides is 2. The van der Waals surface area contributed by atoms with E-state index in [0.29, 0.717) is 16.8 Å². The number of hydrogen-bond donors (Lipinski definition) is 4. The number of benzene rings is 2. The van der Waals surface area contributed by atoms with Gasteiger partial charge >= 0.3 is 6.09 Å². The highest BCUT2D eigenvalue weighted by molar-refractivity contribution is 5.86. The van der Waals surface area contributed by atoms with Gasteiger partial charge in [-0.15, -0.1) is 0 Å². The van der Waals surface area contributed by atoms with Gasteiger partial charge in [0, 0.05) is 17.7 Å². The fourth-order valence-electron chi connectivity index (χ4n) is 2.41. The van der Waals surface area contributed by atoms with Gasteiger partial charge in [-0.1, -0.05) is 25.1 Å². The summed E-state index contributed by atoms with van der Waals surface area (Å²) in [6.07, 6.45) is 1.12. The zero-order valence-corrected chi connectivity index (χ0v) is 15.0. The summed E-state index contributed by atoms with van der Waals surface area (Å²) in [5.74, 6) is -1.07. The normalized spacial score (nSPS) is 12.6. The third kappa shape index (κ3) is 5.86. The highest BCUT2D eigenvalue weighted by Gasteiger charge is 2.22. The minimum atomic E-state index is -0.762. The molecule has 144 valence electrons. The summed E-state index contributed by atoms with van der Waals surface area (Å²) in [5.41, 5.74) is 3.01. The van der Waals surface area contributed by atoms with Crippen molar-refractivity contribution in [3.8, 4) is 11.8 Å². The monoisotopic (exact) mass is 381 g/mol. The van der Waals surface area contributed by atoms with Crippen molar-refractivity contribution >= 4 is 17.7 Å². The molecule has 8 nitrogen and oxygen atoms in total. The van der Waals surface area contributed by atoms with Crippen LogP contribution in [0.15, 0.2) is 60.7 Å². The summed E-state index contributed by atoms with van der Waals surface area (Å²) in [4.78, 5) is 23.5. The van der Waals surface area contributed by atoms with Crippen LogP contribution in [0.3, 0.4) is 0 Å². The quantitative estimate of drug-likeness (QED) is 0.345. The Morgan fingerprint density at radius 3 is 2.36 bits per heavy atom. The van der Waals surface area contributed by atoms with Crippen molar-refractivity contribution in [2.45, 2.75) is 13.0 Å². The summed E-state index contributed by atoms with van der Waals surface area (Å²) in [5, 5.41) is 29.4. The van der Waals surface area contributed by atoms with Crippen LogP contribution in [0.1, 0.15) is 24.2 Å². The number of nitriles is 1. The molecule has 0 fully saturated rings. The maximum Gasteiger partial charge on any atom is 0.412 e. The first-order chi connectivity index (χ1) is 13.4. The van der Waals surface area contributed by atoms with Gasteiger partial charge < -0.3 is 9.84 Å². The van der Waals surface area contributed by atoms with Gasteiger partial charge in [-0.2, -0.15) is 5.26 Å². The van der Waals surface area contributed by atoms with Crippen molar-refractivity contribution in [3.63, 3.8) is 0 Å². The maximum atomic E-state index is 12.3. The first kappa shape index (κ1) is 20.5. The molecule has 0 saturated carbocycles. The smallest absolute Gasteiger partial charge is 0.412 e. The topological polar surface area (TPSA) is 132 Å². The lowest BCUT2D eigenvalue weighted by atomic mass is 9.96. The molecule has 0 bridgehead atoms. The third-order valence-electron chi connectivity index (χ3n) is 3.85. The van der Waals surface area contributed by atoms with Crippen molar-refractivity contribution in [1.29, 1.82) is 5.26 Å². The molecule has 0 spiro atoms. The van der Waals surface area contributed by atoms with Crippen LogP contribution in [-0.2, 0) is 9.53 Å². The van der Waals surface area contributed by atoms with Crippen LogP contribution in [0.5, 0.6) is 5.75 Å². The van der Waals surface area contributed by atoms with Crippen molar-refractivity contribution < 1.29 is 24.6 Å². The van der Waals surface area contributed by atoms with E-state index in [1.807, 2.05) is 6.07 Å². The summed E-state index contributed by atoms with van der Waals surface area (Å²) in [6, 6.07) is 14.4. The lowest BCUT2D eigenvalue weighted by Crippen LogP contribution is -2.22. The van der Waals surface area contributed by atoms with Crippen molar-refractivity contribution in [1.82, 2.24) is 5.48 Å². The van der Waals surface area contributed by atoms with Gasteiger partial charge in [-0.3, -0.25) is 15.3 Å². The molecule has 28 heavy (non-hydrogen) atoms. The molecule has 2 atom stereocenters. The number of rotatable bonds is 6. The fraction of sp³-hybridized carbons (Fsp3) is 0.150. The number of phenols is 1. The van der Waals surface area contributed by atoms with Crippen molar-refractivity contribution in [3.05, 3.63) is 71.8 Å². The Morgan fingerprint density at radius 1 is 1.14 bits per heavy atom. The van der Waals surface area contributed by atoms with E-state index in [9.17, 15) is 14.7 Å². The highest BCUT2D eigenvalue weighted by atomic mass is 16.6. The predicted octanol–water partition coefficient (Wildman–Crippen LogP) is 3.25. The lowest BCUT2D eigenvalue weighted by molar-refractivity contribution is -0.124. The molecule has 0 saturated heterocycles. The molecular weight excluding hydrogens is 362 g/mol. The van der Waals surface area contributed by atoms with E-state index in [4.69, 9.17) is 15.2 Å². The van der Waals surface area contributed by atoms with E-state index in [1.165, 1.54) is 23.7 Å². The van der Waals surface area contributed by atoms with E-state index in [1.54, 1.807) is 43.3 Å². The van der Waals surface area contributed by atoms with E-state index >= 15 is 0 Å². The first-order valence-corrected chi connectivity index (χ1v) is 8.32. The average molecular weight is 381 g/mol. The van der Waals surface area contributed by atoms with Crippen LogP contribution >= 0.6 is 0 Å². The Hall–Kier alpha value is -3.83. The van der Waals surface area contributed by atoms with Crippen LogP contribution in [0.2, 0.25) is 0 Å². The molecule has 0 aliphatic carbocycles. The van der Waals surface area contributed by atoms with Crippen molar-refractivity contribution in [2.24, 2.45) is 5.92 Å². The van der Waals surface area contributed by atoms with E-state index in [0.717, 1.165) is 6.08 Å². The zero-order valence-electron chi connectivity index (χ0n) is 15.0. The second kappa shape index (κ2) is 9.75. The Morgan fingerprint density at radius 2 is 1.79 bits per heavy atom. The van der Waals surface area contributed by atoms with Crippen LogP contribution in [-0.4, -0.2) is 22.3 Å². The molecule has 0 heterocycles. The van der Waals surface area contributed by atoms with Gasteiger partial charge in [0.2, 0.25) is 0 Å². The molecule has 2 amide bonds. The number of carbonyl (C=O) groups excluding carboxylic acids is 2. The minimum absolute atomic E-state index is 0.0624. The second-order valence-corrected chi connectivity index (χ2v) is 5.93. The molecule has 0 aromatic heterocycles. The molecule has 2 aromatic carbocycles. The summed E-state index contributed by atoms with van der Waals surface area (Å²) in [6.45, 7) is 1.73. The van der Waals surface area contributed by atoms with Crippen LogP contribution in [0.25, 0.3) is 0 Å². The number of anilines is 1. The predicted molar refractivity (Wildman–Crippen MR) is 100 cm³/mol. The van der Waals surface area contributed by atoms with E-state index in [2.05, 4.69) is 5.32 Å². The third-order valence-corrected chi connectivity index (χ3v) is 3.85. The average Bonchev–Trinajstić information content (AvgIpc) is 2.71. The Labute approximate surface area is 161 Å². The fourth-order valence-corrected chi connectivity index (χ4v) is 2.41. The summed E-state index contributed by atoms with van der Waals surface area (Å²) >= 11 is 0. The Bertz CT molecular complexity index is 886. The lowest BCUT2D eigenvalue weighted by Gasteiger charge is -2.23. The minimum Gasteiger partial charge on any atom is -0.508 e. The van der Waals surface area contributed by atoms with Crippen LogP contribution in [0.4, 0.5) is 10.5 Å². The molecule has 2 rings (SSSR count). The molecule has 0 aliphatic heterocycles. The molecule has 8 heteroatoms. The molecule has 4 N–H and O–H groups in total. The molecule has 2 aromatic rings. The number of ether oxygens (including phenoxy) is 1. The SMILES string of the molecule is C[C@H](/C=C/C(=O)NO)[C@@H](OC(=O)Nc1ccc(C#N)cc1)c1ccc(O)cc1. The first-order valence-electron chi connectivity index (χ1n) is 8.32. The molecule has 0 radical (unpaired) electrons. The van der Waals surface area contributed by atoms with Gasteiger partial charge in [-0.25, -0.2) is 10.3 Å². The van der Waals surface area contributed by atoms with Gasteiger partial charge in [0.05, 0.1) is 11.6 Å².